The van der Waals surface area contributed by atoms with Crippen LogP contribution < -0.4 is 0 Å². The van der Waals surface area contributed by atoms with Crippen LogP contribution in [0.5, 0.6) is 0 Å². The second kappa shape index (κ2) is 4.96. The maximum Gasteiger partial charge on any atom is 0.123 e. The van der Waals surface area contributed by atoms with Crippen molar-refractivity contribution >= 4 is 10.9 Å². The average Bonchev–Trinajstić information content (AvgIpc) is 2.53. The molecule has 104 valence electrons. The normalized spacial score (nSPS) is 14.1. The van der Waals surface area contributed by atoms with Crippen LogP contribution in [-0.2, 0) is 12.8 Å². The summed E-state index contributed by atoms with van der Waals surface area (Å²) in [6.07, 6.45) is 4.46. The van der Waals surface area contributed by atoms with Crippen molar-refractivity contribution in [3.8, 4) is 11.1 Å². The SMILES string of the molecule is Fc1ccc2nc3c(c(-c4ccccc4)c2c1)CCCC3. The quantitative estimate of drug-likeness (QED) is 0.615. The van der Waals surface area contributed by atoms with E-state index in [1.54, 1.807) is 12.1 Å². The van der Waals surface area contributed by atoms with Crippen LogP contribution in [0.1, 0.15) is 24.1 Å². The molecule has 0 unspecified atom stereocenters. The first-order valence-electron chi connectivity index (χ1n) is 7.49. The van der Waals surface area contributed by atoms with Crippen LogP contribution in [0.15, 0.2) is 48.5 Å². The molecule has 0 amide bonds. The third-order valence-electron chi connectivity index (χ3n) is 4.29. The predicted molar refractivity (Wildman–Crippen MR) is 83.8 cm³/mol. The van der Waals surface area contributed by atoms with Crippen molar-refractivity contribution in [2.24, 2.45) is 0 Å². The van der Waals surface area contributed by atoms with Gasteiger partial charge in [0.25, 0.3) is 0 Å². The van der Waals surface area contributed by atoms with Crippen molar-refractivity contribution in [3.05, 3.63) is 65.6 Å². The lowest BCUT2D eigenvalue weighted by Crippen LogP contribution is -2.08. The molecule has 0 bridgehead atoms. The van der Waals surface area contributed by atoms with Gasteiger partial charge in [-0.15, -0.1) is 0 Å². The number of fused-ring (bicyclic) bond motifs is 2. The van der Waals surface area contributed by atoms with Gasteiger partial charge in [-0.3, -0.25) is 4.98 Å². The highest BCUT2D eigenvalue weighted by atomic mass is 19.1. The minimum atomic E-state index is -0.197. The summed E-state index contributed by atoms with van der Waals surface area (Å²) in [5.41, 5.74) is 5.74. The van der Waals surface area contributed by atoms with Gasteiger partial charge in [-0.05, 0) is 60.6 Å². The first-order chi connectivity index (χ1) is 10.3. The molecular weight excluding hydrogens is 261 g/mol. The summed E-state index contributed by atoms with van der Waals surface area (Å²) in [4.78, 5) is 4.78. The van der Waals surface area contributed by atoms with E-state index in [1.165, 1.54) is 35.7 Å². The zero-order valence-electron chi connectivity index (χ0n) is 11.8. The molecular formula is C19H16FN. The Balaban J connectivity index is 2.11. The van der Waals surface area contributed by atoms with Crippen LogP contribution in [0.25, 0.3) is 22.0 Å². The van der Waals surface area contributed by atoms with Crippen molar-refractivity contribution in [2.75, 3.05) is 0 Å². The molecule has 3 aromatic rings. The van der Waals surface area contributed by atoms with Crippen LogP contribution >= 0.6 is 0 Å². The van der Waals surface area contributed by atoms with E-state index in [0.29, 0.717) is 0 Å². The number of benzene rings is 2. The number of pyridine rings is 1. The highest BCUT2D eigenvalue weighted by Crippen LogP contribution is 2.36. The lowest BCUT2D eigenvalue weighted by Gasteiger charge is -2.21. The van der Waals surface area contributed by atoms with E-state index in [1.807, 2.05) is 18.2 Å². The predicted octanol–water partition coefficient (Wildman–Crippen LogP) is 4.92. The van der Waals surface area contributed by atoms with Crippen molar-refractivity contribution in [1.29, 1.82) is 0 Å². The highest BCUT2D eigenvalue weighted by molar-refractivity contribution is 5.96. The van der Waals surface area contributed by atoms with Crippen molar-refractivity contribution < 1.29 is 4.39 Å². The van der Waals surface area contributed by atoms with Gasteiger partial charge in [0, 0.05) is 11.1 Å². The Bertz CT molecular complexity index is 809. The van der Waals surface area contributed by atoms with Crippen molar-refractivity contribution in [3.63, 3.8) is 0 Å². The van der Waals surface area contributed by atoms with Gasteiger partial charge in [-0.1, -0.05) is 30.3 Å². The second-order valence-electron chi connectivity index (χ2n) is 5.65. The molecule has 0 radical (unpaired) electrons. The van der Waals surface area contributed by atoms with Gasteiger partial charge in [-0.2, -0.15) is 0 Å². The number of hydrogen-bond acceptors (Lipinski definition) is 1. The fraction of sp³-hybridized carbons (Fsp3) is 0.211. The molecule has 2 aromatic carbocycles. The largest absolute Gasteiger partial charge is 0.253 e. The van der Waals surface area contributed by atoms with Gasteiger partial charge in [0.2, 0.25) is 0 Å². The molecule has 21 heavy (non-hydrogen) atoms. The Morgan fingerprint density at radius 2 is 1.71 bits per heavy atom. The fourth-order valence-corrected chi connectivity index (χ4v) is 3.33. The third-order valence-corrected chi connectivity index (χ3v) is 4.29. The number of aromatic nitrogens is 1. The summed E-state index contributed by atoms with van der Waals surface area (Å²) >= 11 is 0. The summed E-state index contributed by atoms with van der Waals surface area (Å²) in [6.45, 7) is 0. The van der Waals surface area contributed by atoms with Gasteiger partial charge in [0.05, 0.1) is 5.52 Å². The van der Waals surface area contributed by atoms with E-state index in [4.69, 9.17) is 4.98 Å². The lowest BCUT2D eigenvalue weighted by molar-refractivity contribution is 0.629. The van der Waals surface area contributed by atoms with E-state index in [0.717, 1.165) is 29.3 Å². The Morgan fingerprint density at radius 1 is 0.905 bits per heavy atom. The van der Waals surface area contributed by atoms with E-state index >= 15 is 0 Å². The maximum absolute atomic E-state index is 13.7. The van der Waals surface area contributed by atoms with Gasteiger partial charge < -0.3 is 0 Å². The number of aryl methyl sites for hydroxylation is 1. The minimum Gasteiger partial charge on any atom is -0.253 e. The summed E-state index contributed by atoms with van der Waals surface area (Å²) in [6, 6.07) is 15.2. The van der Waals surface area contributed by atoms with E-state index in [-0.39, 0.29) is 5.82 Å². The topological polar surface area (TPSA) is 12.9 Å². The number of halogens is 1. The fourth-order valence-electron chi connectivity index (χ4n) is 3.33. The van der Waals surface area contributed by atoms with Gasteiger partial charge in [0.15, 0.2) is 0 Å². The zero-order chi connectivity index (χ0) is 14.2. The number of rotatable bonds is 1. The van der Waals surface area contributed by atoms with Crippen LogP contribution in [-0.4, -0.2) is 4.98 Å². The summed E-state index contributed by atoms with van der Waals surface area (Å²) in [7, 11) is 0. The third kappa shape index (κ3) is 2.11. The molecule has 0 atom stereocenters. The maximum atomic E-state index is 13.7. The summed E-state index contributed by atoms with van der Waals surface area (Å²) in [5.74, 6) is -0.197. The van der Waals surface area contributed by atoms with E-state index in [2.05, 4.69) is 12.1 Å². The second-order valence-corrected chi connectivity index (χ2v) is 5.65. The first-order valence-corrected chi connectivity index (χ1v) is 7.49. The summed E-state index contributed by atoms with van der Waals surface area (Å²) in [5, 5.41) is 0.932. The standard InChI is InChI=1S/C19H16FN/c20-14-10-11-18-16(12-14)19(13-6-2-1-3-7-13)15-8-4-5-9-17(15)21-18/h1-3,6-7,10-12H,4-5,8-9H2. The molecule has 0 aliphatic heterocycles. The smallest absolute Gasteiger partial charge is 0.123 e. The lowest BCUT2D eigenvalue weighted by atomic mass is 9.87. The van der Waals surface area contributed by atoms with Crippen LogP contribution in [0.2, 0.25) is 0 Å². The number of hydrogen-bond donors (Lipinski definition) is 0. The van der Waals surface area contributed by atoms with Crippen LogP contribution in [0, 0.1) is 5.82 Å². The molecule has 1 nitrogen and oxygen atoms in total. The highest BCUT2D eigenvalue weighted by Gasteiger charge is 2.19. The van der Waals surface area contributed by atoms with Crippen molar-refractivity contribution in [2.45, 2.75) is 25.7 Å². The van der Waals surface area contributed by atoms with Gasteiger partial charge >= 0.3 is 0 Å². The van der Waals surface area contributed by atoms with Crippen LogP contribution in [0.4, 0.5) is 4.39 Å². The first kappa shape index (κ1) is 12.5. The monoisotopic (exact) mass is 277 g/mol. The molecule has 1 aliphatic rings. The molecule has 2 heteroatoms. The van der Waals surface area contributed by atoms with Crippen molar-refractivity contribution in [1.82, 2.24) is 4.98 Å². The zero-order valence-corrected chi connectivity index (χ0v) is 11.8. The summed E-state index contributed by atoms with van der Waals surface area (Å²) < 4.78 is 13.7. The Morgan fingerprint density at radius 3 is 2.57 bits per heavy atom. The molecule has 1 aromatic heterocycles. The molecule has 0 fully saturated rings. The average molecular weight is 277 g/mol. The number of nitrogens with zero attached hydrogens (tertiary/aromatic N) is 1. The molecule has 1 heterocycles. The molecule has 1 aliphatic carbocycles. The Hall–Kier alpha value is -2.22. The minimum absolute atomic E-state index is 0.197. The Labute approximate surface area is 123 Å². The van der Waals surface area contributed by atoms with Gasteiger partial charge in [0.1, 0.15) is 5.82 Å². The van der Waals surface area contributed by atoms with Gasteiger partial charge in [-0.25, -0.2) is 4.39 Å². The molecule has 0 N–H and O–H groups in total. The van der Waals surface area contributed by atoms with Crippen LogP contribution in [0.3, 0.4) is 0 Å². The van der Waals surface area contributed by atoms with E-state index in [9.17, 15) is 4.39 Å². The molecule has 0 saturated heterocycles. The molecule has 4 rings (SSSR count). The molecule has 0 spiro atoms. The Kier molecular flexibility index (Phi) is 2.95. The molecule has 0 saturated carbocycles. The van der Waals surface area contributed by atoms with E-state index < -0.39 is 0 Å².